The summed E-state index contributed by atoms with van der Waals surface area (Å²) in [5.74, 6) is 0. The maximum atomic E-state index is 8.98. The molecule has 0 aromatic rings. The number of likely N-dealkylation sites (N-methyl/N-ethyl adjacent to an activating group) is 1. The average Bonchev–Trinajstić information content (AvgIpc) is 2.47. The molecule has 0 aromatic carbocycles. The number of nitriles is 1. The van der Waals surface area contributed by atoms with Crippen molar-refractivity contribution in [1.82, 2.24) is 4.90 Å². The number of rotatable bonds is 3. The minimum Gasteiger partial charge on any atom is -0.374 e. The second kappa shape index (κ2) is 4.77. The van der Waals surface area contributed by atoms with Crippen molar-refractivity contribution in [3.8, 4) is 6.07 Å². The van der Waals surface area contributed by atoms with Gasteiger partial charge in [0.1, 0.15) is 0 Å². The van der Waals surface area contributed by atoms with Gasteiger partial charge >= 0.3 is 0 Å². The molecule has 0 aliphatic carbocycles. The van der Waals surface area contributed by atoms with Crippen LogP contribution in [0.5, 0.6) is 0 Å². The second-order valence-corrected chi connectivity index (χ2v) is 4.17. The van der Waals surface area contributed by atoms with Crippen molar-refractivity contribution >= 4 is 0 Å². The first-order valence-electron chi connectivity index (χ1n) is 5.37. The zero-order valence-corrected chi connectivity index (χ0v) is 9.53. The fourth-order valence-electron chi connectivity index (χ4n) is 2.24. The third kappa shape index (κ3) is 2.26. The summed E-state index contributed by atoms with van der Waals surface area (Å²) in [5, 5.41) is 8.98. The first-order valence-corrected chi connectivity index (χ1v) is 5.37. The maximum Gasteiger partial charge on any atom is 0.0976 e. The summed E-state index contributed by atoms with van der Waals surface area (Å²) in [7, 11) is 2.03. The van der Waals surface area contributed by atoms with Gasteiger partial charge in [-0.1, -0.05) is 6.92 Å². The second-order valence-electron chi connectivity index (χ2n) is 4.17. The lowest BCUT2D eigenvalue weighted by atomic mass is 10.1. The molecule has 1 saturated heterocycles. The van der Waals surface area contributed by atoms with Crippen LogP contribution in [-0.4, -0.2) is 36.2 Å². The quantitative estimate of drug-likeness (QED) is 0.690. The van der Waals surface area contributed by atoms with Crippen LogP contribution in [0.15, 0.2) is 0 Å². The number of ether oxygens (including phenoxy) is 1. The maximum absolute atomic E-state index is 8.98. The fraction of sp³-hybridized carbons (Fsp3) is 0.909. The average molecular weight is 196 g/mol. The number of nitrogens with zero attached hydrogens (tertiary/aromatic N) is 2. The van der Waals surface area contributed by atoms with E-state index in [1.165, 1.54) is 0 Å². The molecule has 1 aliphatic rings. The Bertz CT molecular complexity index is 224. The molecule has 1 aliphatic heterocycles. The molecule has 14 heavy (non-hydrogen) atoms. The molecule has 0 saturated carbocycles. The van der Waals surface area contributed by atoms with Crippen LogP contribution in [0.3, 0.4) is 0 Å². The van der Waals surface area contributed by atoms with Crippen molar-refractivity contribution in [2.75, 3.05) is 7.05 Å². The first kappa shape index (κ1) is 11.5. The summed E-state index contributed by atoms with van der Waals surface area (Å²) in [6.45, 7) is 6.24. The molecular formula is C11H20N2O. The Hall–Kier alpha value is -0.590. The topological polar surface area (TPSA) is 36.3 Å². The first-order chi connectivity index (χ1) is 6.60. The van der Waals surface area contributed by atoms with E-state index < -0.39 is 0 Å². The van der Waals surface area contributed by atoms with Gasteiger partial charge in [0.25, 0.3) is 0 Å². The monoisotopic (exact) mass is 196 g/mol. The lowest BCUT2D eigenvalue weighted by molar-refractivity contribution is 0.0416. The lowest BCUT2D eigenvalue weighted by Crippen LogP contribution is -2.42. The van der Waals surface area contributed by atoms with Crippen LogP contribution >= 0.6 is 0 Å². The molecule has 0 bridgehead atoms. The van der Waals surface area contributed by atoms with E-state index in [-0.39, 0.29) is 12.1 Å². The van der Waals surface area contributed by atoms with Gasteiger partial charge in [-0.2, -0.15) is 5.26 Å². The largest absolute Gasteiger partial charge is 0.374 e. The smallest absolute Gasteiger partial charge is 0.0976 e. The minimum atomic E-state index is 0.0244. The molecule has 0 aromatic heterocycles. The lowest BCUT2D eigenvalue weighted by Gasteiger charge is -2.29. The van der Waals surface area contributed by atoms with Crippen LogP contribution in [0.25, 0.3) is 0 Å². The van der Waals surface area contributed by atoms with E-state index in [0.717, 1.165) is 12.8 Å². The van der Waals surface area contributed by atoms with Crippen molar-refractivity contribution in [3.05, 3.63) is 0 Å². The summed E-state index contributed by atoms with van der Waals surface area (Å²) in [6.07, 6.45) is 2.49. The van der Waals surface area contributed by atoms with E-state index in [0.29, 0.717) is 12.1 Å². The highest BCUT2D eigenvalue weighted by atomic mass is 16.5. The number of hydrogen-bond donors (Lipinski definition) is 0. The minimum absolute atomic E-state index is 0.0244. The SMILES string of the molecule is CCC(C#N)N(C)C1CC(C)OC1C. The molecule has 0 spiro atoms. The molecule has 0 N–H and O–H groups in total. The predicted octanol–water partition coefficient (Wildman–Crippen LogP) is 1.79. The van der Waals surface area contributed by atoms with E-state index in [4.69, 9.17) is 10.00 Å². The standard InChI is InChI=1S/C11H20N2O/c1-5-10(7-12)13(4)11-6-8(2)14-9(11)3/h8-11H,5-6H2,1-4H3. The van der Waals surface area contributed by atoms with Gasteiger partial charge < -0.3 is 4.74 Å². The van der Waals surface area contributed by atoms with E-state index in [2.05, 4.69) is 24.8 Å². The van der Waals surface area contributed by atoms with Gasteiger partial charge in [0.2, 0.25) is 0 Å². The molecule has 3 nitrogen and oxygen atoms in total. The van der Waals surface area contributed by atoms with Crippen molar-refractivity contribution in [2.24, 2.45) is 0 Å². The van der Waals surface area contributed by atoms with Gasteiger partial charge in [0.15, 0.2) is 0 Å². The molecule has 1 rings (SSSR count). The third-order valence-corrected chi connectivity index (χ3v) is 3.11. The molecular weight excluding hydrogens is 176 g/mol. The van der Waals surface area contributed by atoms with Crippen molar-refractivity contribution in [3.63, 3.8) is 0 Å². The van der Waals surface area contributed by atoms with Crippen LogP contribution in [0.2, 0.25) is 0 Å². The van der Waals surface area contributed by atoms with Gasteiger partial charge in [-0.05, 0) is 33.7 Å². The zero-order chi connectivity index (χ0) is 10.7. The van der Waals surface area contributed by atoms with Gasteiger partial charge in [0.05, 0.1) is 24.3 Å². The zero-order valence-electron chi connectivity index (χ0n) is 9.53. The van der Waals surface area contributed by atoms with E-state index in [9.17, 15) is 0 Å². The molecule has 4 atom stereocenters. The molecule has 3 heteroatoms. The Labute approximate surface area is 86.6 Å². The highest BCUT2D eigenvalue weighted by molar-refractivity contribution is 4.95. The fourth-order valence-corrected chi connectivity index (χ4v) is 2.24. The Kier molecular flexibility index (Phi) is 3.91. The summed E-state index contributed by atoms with van der Waals surface area (Å²) in [6, 6.07) is 2.76. The van der Waals surface area contributed by atoms with Crippen molar-refractivity contribution < 1.29 is 4.74 Å². The molecule has 1 fully saturated rings. The van der Waals surface area contributed by atoms with E-state index in [1.807, 2.05) is 14.0 Å². The van der Waals surface area contributed by atoms with Gasteiger partial charge in [0, 0.05) is 6.04 Å². The van der Waals surface area contributed by atoms with E-state index in [1.54, 1.807) is 0 Å². The Balaban J connectivity index is 2.60. The highest BCUT2D eigenvalue weighted by Crippen LogP contribution is 2.25. The van der Waals surface area contributed by atoms with Crippen molar-refractivity contribution in [2.45, 2.75) is 57.9 Å². The molecule has 4 unspecified atom stereocenters. The van der Waals surface area contributed by atoms with Gasteiger partial charge in [-0.15, -0.1) is 0 Å². The normalized spacial score (nSPS) is 34.4. The predicted molar refractivity (Wildman–Crippen MR) is 55.9 cm³/mol. The summed E-state index contributed by atoms with van der Waals surface area (Å²) in [4.78, 5) is 2.16. The number of hydrogen-bond acceptors (Lipinski definition) is 3. The van der Waals surface area contributed by atoms with Crippen molar-refractivity contribution in [1.29, 1.82) is 5.26 Å². The van der Waals surface area contributed by atoms with Crippen LogP contribution < -0.4 is 0 Å². The van der Waals surface area contributed by atoms with Crippen LogP contribution in [-0.2, 0) is 4.74 Å². The summed E-state index contributed by atoms with van der Waals surface area (Å²) >= 11 is 0. The Morgan fingerprint density at radius 2 is 2.21 bits per heavy atom. The van der Waals surface area contributed by atoms with Gasteiger partial charge in [-0.25, -0.2) is 0 Å². The summed E-state index contributed by atoms with van der Waals surface area (Å²) in [5.41, 5.74) is 0. The van der Waals surface area contributed by atoms with E-state index >= 15 is 0 Å². The van der Waals surface area contributed by atoms with Crippen LogP contribution in [0, 0.1) is 11.3 Å². The van der Waals surface area contributed by atoms with Gasteiger partial charge in [-0.3, -0.25) is 4.90 Å². The molecule has 0 amide bonds. The molecule has 80 valence electrons. The highest BCUT2D eigenvalue weighted by Gasteiger charge is 2.34. The Morgan fingerprint density at radius 3 is 2.57 bits per heavy atom. The third-order valence-electron chi connectivity index (χ3n) is 3.11. The summed E-state index contributed by atoms with van der Waals surface area (Å²) < 4.78 is 5.68. The van der Waals surface area contributed by atoms with Crippen LogP contribution in [0.1, 0.15) is 33.6 Å². The molecule has 0 radical (unpaired) electrons. The van der Waals surface area contributed by atoms with Crippen LogP contribution in [0.4, 0.5) is 0 Å². The molecule has 1 heterocycles. The Morgan fingerprint density at radius 1 is 1.57 bits per heavy atom.